The van der Waals surface area contributed by atoms with Crippen LogP contribution in [0.4, 0.5) is 5.95 Å². The SMILES string of the molecule is Cn1c(NCC(=O)c2cccc(-c3ccoc3)c2)nc(-c2ccncc2)cc1=O. The molecule has 0 amide bonds. The first-order chi connectivity index (χ1) is 14.1. The van der Waals surface area contributed by atoms with Crippen molar-refractivity contribution in [1.29, 1.82) is 0 Å². The first-order valence-electron chi connectivity index (χ1n) is 9.00. The Labute approximate surface area is 166 Å². The molecule has 0 saturated heterocycles. The van der Waals surface area contributed by atoms with Crippen LogP contribution in [0, 0.1) is 0 Å². The molecule has 3 heterocycles. The van der Waals surface area contributed by atoms with E-state index < -0.39 is 0 Å². The number of carbonyl (C=O) groups excluding carboxylic acids is 1. The standard InChI is InChI=1S/C22H18N4O3/c1-26-21(28)12-19(15-5-8-23-9-6-15)25-22(26)24-13-20(27)17-4-2-3-16(11-17)18-7-10-29-14-18/h2-12,14H,13H2,1H3,(H,24,25). The fraction of sp³-hybridized carbons (Fsp3) is 0.0909. The number of hydrogen-bond donors (Lipinski definition) is 1. The van der Waals surface area contributed by atoms with E-state index in [1.54, 1.807) is 50.2 Å². The topological polar surface area (TPSA) is 90.0 Å². The molecule has 0 radical (unpaired) electrons. The van der Waals surface area contributed by atoms with Crippen LogP contribution in [-0.2, 0) is 7.05 Å². The molecular weight excluding hydrogens is 368 g/mol. The third-order valence-electron chi connectivity index (χ3n) is 4.56. The van der Waals surface area contributed by atoms with Gasteiger partial charge in [-0.3, -0.25) is 19.1 Å². The average molecular weight is 386 g/mol. The number of carbonyl (C=O) groups is 1. The zero-order valence-corrected chi connectivity index (χ0v) is 15.7. The van der Waals surface area contributed by atoms with Crippen molar-refractivity contribution < 1.29 is 9.21 Å². The largest absolute Gasteiger partial charge is 0.472 e. The van der Waals surface area contributed by atoms with Gasteiger partial charge in [-0.1, -0.05) is 18.2 Å². The lowest BCUT2D eigenvalue weighted by Gasteiger charge is -2.11. The minimum atomic E-state index is -0.219. The third-order valence-corrected chi connectivity index (χ3v) is 4.56. The van der Waals surface area contributed by atoms with Crippen LogP contribution >= 0.6 is 0 Å². The predicted molar refractivity (Wildman–Crippen MR) is 110 cm³/mol. The quantitative estimate of drug-likeness (QED) is 0.511. The molecule has 0 aliphatic rings. The molecule has 0 fully saturated rings. The van der Waals surface area contributed by atoms with Gasteiger partial charge in [-0.2, -0.15) is 0 Å². The average Bonchev–Trinajstić information content (AvgIpc) is 3.30. The summed E-state index contributed by atoms with van der Waals surface area (Å²) in [7, 11) is 1.61. The van der Waals surface area contributed by atoms with Crippen LogP contribution in [0.25, 0.3) is 22.4 Å². The van der Waals surface area contributed by atoms with Crippen LogP contribution in [0.15, 0.2) is 82.7 Å². The van der Waals surface area contributed by atoms with Gasteiger partial charge in [0, 0.05) is 42.2 Å². The second-order valence-corrected chi connectivity index (χ2v) is 6.47. The summed E-state index contributed by atoms with van der Waals surface area (Å²) in [5.74, 6) is 0.211. The number of Topliss-reactive ketones (excluding diaryl/α,β-unsaturated/α-hetero) is 1. The highest BCUT2D eigenvalue weighted by atomic mass is 16.3. The highest BCUT2D eigenvalue weighted by Gasteiger charge is 2.11. The van der Waals surface area contributed by atoms with E-state index in [4.69, 9.17) is 4.42 Å². The Morgan fingerprint density at radius 2 is 1.90 bits per heavy atom. The van der Waals surface area contributed by atoms with Gasteiger partial charge < -0.3 is 9.73 Å². The summed E-state index contributed by atoms with van der Waals surface area (Å²) in [6.45, 7) is 0.00885. The molecule has 4 rings (SSSR count). The Bertz CT molecular complexity index is 1200. The minimum Gasteiger partial charge on any atom is -0.472 e. The van der Waals surface area contributed by atoms with Crippen LogP contribution in [0.5, 0.6) is 0 Å². The Morgan fingerprint density at radius 3 is 2.66 bits per heavy atom. The Balaban J connectivity index is 1.55. The fourth-order valence-corrected chi connectivity index (χ4v) is 2.93. The van der Waals surface area contributed by atoms with E-state index in [1.165, 1.54) is 10.6 Å². The Morgan fingerprint density at radius 1 is 1.07 bits per heavy atom. The predicted octanol–water partition coefficient (Wildman–Crippen LogP) is 3.40. The van der Waals surface area contributed by atoms with E-state index >= 15 is 0 Å². The molecule has 0 atom stereocenters. The molecule has 0 aliphatic carbocycles. The maximum absolute atomic E-state index is 12.7. The van der Waals surface area contributed by atoms with Gasteiger partial charge >= 0.3 is 0 Å². The summed E-state index contributed by atoms with van der Waals surface area (Å²) in [4.78, 5) is 33.4. The highest BCUT2D eigenvalue weighted by molar-refractivity contribution is 5.99. The molecular formula is C22H18N4O3. The van der Waals surface area contributed by atoms with E-state index in [1.807, 2.05) is 24.3 Å². The second-order valence-electron chi connectivity index (χ2n) is 6.47. The Kier molecular flexibility index (Phi) is 5.03. The molecule has 0 spiro atoms. The summed E-state index contributed by atoms with van der Waals surface area (Å²) >= 11 is 0. The normalized spacial score (nSPS) is 10.7. The van der Waals surface area contributed by atoms with Gasteiger partial charge in [0.25, 0.3) is 5.56 Å². The van der Waals surface area contributed by atoms with Crippen molar-refractivity contribution in [1.82, 2.24) is 14.5 Å². The number of hydrogen-bond acceptors (Lipinski definition) is 6. The van der Waals surface area contributed by atoms with Crippen molar-refractivity contribution in [3.8, 4) is 22.4 Å². The smallest absolute Gasteiger partial charge is 0.255 e. The molecule has 7 nitrogen and oxygen atoms in total. The van der Waals surface area contributed by atoms with Gasteiger partial charge in [0.1, 0.15) is 0 Å². The lowest BCUT2D eigenvalue weighted by Crippen LogP contribution is -2.24. The number of furan rings is 1. The molecule has 0 saturated carbocycles. The summed E-state index contributed by atoms with van der Waals surface area (Å²) in [6.07, 6.45) is 6.50. The number of aromatic nitrogens is 3. The number of pyridine rings is 1. The van der Waals surface area contributed by atoms with Crippen molar-refractivity contribution in [2.45, 2.75) is 0 Å². The number of nitrogens with one attached hydrogen (secondary N) is 1. The van der Waals surface area contributed by atoms with E-state index in [0.29, 0.717) is 17.2 Å². The number of nitrogens with zero attached hydrogens (tertiary/aromatic N) is 3. The van der Waals surface area contributed by atoms with Crippen LogP contribution in [-0.4, -0.2) is 26.9 Å². The Hall–Kier alpha value is -4.00. The monoisotopic (exact) mass is 386 g/mol. The summed E-state index contributed by atoms with van der Waals surface area (Å²) in [5, 5.41) is 2.98. The third kappa shape index (κ3) is 3.98. The van der Waals surface area contributed by atoms with E-state index in [0.717, 1.165) is 16.7 Å². The maximum atomic E-state index is 12.7. The molecule has 4 aromatic rings. The summed E-state index contributed by atoms with van der Waals surface area (Å²) < 4.78 is 6.48. The van der Waals surface area contributed by atoms with Gasteiger partial charge in [-0.05, 0) is 29.8 Å². The van der Waals surface area contributed by atoms with Gasteiger partial charge in [0.05, 0.1) is 24.8 Å². The molecule has 0 aliphatic heterocycles. The summed E-state index contributed by atoms with van der Waals surface area (Å²) in [5.41, 5.74) is 3.44. The lowest BCUT2D eigenvalue weighted by atomic mass is 10.0. The molecule has 144 valence electrons. The number of rotatable bonds is 6. The van der Waals surface area contributed by atoms with Crippen LogP contribution in [0.2, 0.25) is 0 Å². The van der Waals surface area contributed by atoms with E-state index in [2.05, 4.69) is 15.3 Å². The van der Waals surface area contributed by atoms with E-state index in [-0.39, 0.29) is 17.9 Å². The molecule has 0 unspecified atom stereocenters. The van der Waals surface area contributed by atoms with E-state index in [9.17, 15) is 9.59 Å². The first-order valence-corrected chi connectivity index (χ1v) is 9.00. The van der Waals surface area contributed by atoms with Crippen molar-refractivity contribution in [2.75, 3.05) is 11.9 Å². The first kappa shape index (κ1) is 18.4. The van der Waals surface area contributed by atoms with Crippen molar-refractivity contribution in [2.24, 2.45) is 7.05 Å². The fourth-order valence-electron chi connectivity index (χ4n) is 2.93. The van der Waals surface area contributed by atoms with Crippen LogP contribution in [0.3, 0.4) is 0 Å². The number of benzene rings is 1. The second kappa shape index (κ2) is 7.93. The van der Waals surface area contributed by atoms with Crippen molar-refractivity contribution >= 4 is 11.7 Å². The molecule has 29 heavy (non-hydrogen) atoms. The van der Waals surface area contributed by atoms with Crippen LogP contribution < -0.4 is 10.9 Å². The number of ketones is 1. The van der Waals surface area contributed by atoms with Gasteiger partial charge in [0.2, 0.25) is 5.95 Å². The van der Waals surface area contributed by atoms with Gasteiger partial charge in [-0.15, -0.1) is 0 Å². The molecule has 1 aromatic carbocycles. The zero-order chi connectivity index (χ0) is 20.2. The molecule has 3 aromatic heterocycles. The van der Waals surface area contributed by atoms with Crippen molar-refractivity contribution in [3.05, 3.63) is 89.4 Å². The lowest BCUT2D eigenvalue weighted by molar-refractivity contribution is 0.101. The molecule has 0 bridgehead atoms. The molecule has 7 heteroatoms. The highest BCUT2D eigenvalue weighted by Crippen LogP contribution is 2.21. The summed E-state index contributed by atoms with van der Waals surface area (Å²) in [6, 6.07) is 14.2. The molecule has 1 N–H and O–H groups in total. The minimum absolute atomic E-state index is 0.00885. The van der Waals surface area contributed by atoms with Gasteiger partial charge in [-0.25, -0.2) is 4.98 Å². The van der Waals surface area contributed by atoms with Crippen LogP contribution in [0.1, 0.15) is 10.4 Å². The maximum Gasteiger partial charge on any atom is 0.255 e. The van der Waals surface area contributed by atoms with Crippen molar-refractivity contribution in [3.63, 3.8) is 0 Å². The van der Waals surface area contributed by atoms with Gasteiger partial charge in [0.15, 0.2) is 5.78 Å². The number of anilines is 1. The zero-order valence-electron chi connectivity index (χ0n) is 15.7.